The first-order valence-electron chi connectivity index (χ1n) is 19.4. The van der Waals surface area contributed by atoms with Gasteiger partial charge in [-0.25, -0.2) is 0 Å². The molecule has 8 nitrogen and oxygen atoms in total. The van der Waals surface area contributed by atoms with Crippen molar-refractivity contribution in [2.24, 2.45) is 23.7 Å². The van der Waals surface area contributed by atoms with E-state index in [9.17, 15) is 24.3 Å². The lowest BCUT2D eigenvalue weighted by Gasteiger charge is -2.37. The van der Waals surface area contributed by atoms with E-state index >= 15 is 0 Å². The van der Waals surface area contributed by atoms with Gasteiger partial charge in [0, 0.05) is 19.3 Å². The van der Waals surface area contributed by atoms with E-state index in [-0.39, 0.29) is 36.8 Å². The maximum atomic E-state index is 14.0. The molecule has 1 aliphatic rings. The van der Waals surface area contributed by atoms with Crippen LogP contribution in [0.4, 0.5) is 0 Å². The first-order valence-corrected chi connectivity index (χ1v) is 19.4. The van der Waals surface area contributed by atoms with Gasteiger partial charge >= 0.3 is 23.9 Å². The third-order valence-electron chi connectivity index (χ3n) is 9.78. The number of hydrogen-bond acceptors (Lipinski definition) is 5. The Morgan fingerprint density at radius 2 is 1.08 bits per heavy atom. The van der Waals surface area contributed by atoms with Crippen LogP contribution in [0.5, 0.6) is 0 Å². The van der Waals surface area contributed by atoms with Crippen LogP contribution in [0.1, 0.15) is 174 Å². The van der Waals surface area contributed by atoms with Crippen molar-refractivity contribution in [1.29, 1.82) is 0 Å². The van der Waals surface area contributed by atoms with E-state index in [4.69, 9.17) is 14.9 Å². The van der Waals surface area contributed by atoms with Gasteiger partial charge in [0.05, 0.1) is 11.8 Å². The Morgan fingerprint density at radius 3 is 1.62 bits per heavy atom. The van der Waals surface area contributed by atoms with Crippen molar-refractivity contribution in [3.8, 4) is 0 Å². The second-order valence-corrected chi connectivity index (χ2v) is 14.0. The van der Waals surface area contributed by atoms with Crippen LogP contribution in [0, 0.1) is 23.7 Å². The molecule has 48 heavy (non-hydrogen) atoms. The summed E-state index contributed by atoms with van der Waals surface area (Å²) in [5, 5.41) is 28.1. The van der Waals surface area contributed by atoms with Crippen molar-refractivity contribution in [1.82, 2.24) is 0 Å². The van der Waals surface area contributed by atoms with Crippen LogP contribution in [0.2, 0.25) is 0 Å². The lowest BCUT2D eigenvalue weighted by Crippen LogP contribution is -2.43. The van der Waals surface area contributed by atoms with Crippen LogP contribution in [0.25, 0.3) is 0 Å². The summed E-state index contributed by atoms with van der Waals surface area (Å²) in [4.78, 5) is 48.3. The van der Waals surface area contributed by atoms with Gasteiger partial charge in [-0.3, -0.25) is 19.2 Å². The maximum absolute atomic E-state index is 14.0. The molecule has 0 spiro atoms. The number of carboxylic acids is 3. The molecule has 3 N–H and O–H groups in total. The van der Waals surface area contributed by atoms with Gasteiger partial charge in [-0.05, 0) is 63.2 Å². The van der Waals surface area contributed by atoms with E-state index < -0.39 is 29.7 Å². The number of carbonyl (C=O) groups excluding carboxylic acids is 1. The fourth-order valence-corrected chi connectivity index (χ4v) is 6.96. The second-order valence-electron chi connectivity index (χ2n) is 14.0. The number of ether oxygens (including phenoxy) is 1. The molecule has 0 aliphatic heterocycles. The third-order valence-corrected chi connectivity index (χ3v) is 9.78. The predicted molar refractivity (Wildman–Crippen MR) is 192 cm³/mol. The van der Waals surface area contributed by atoms with E-state index in [2.05, 4.69) is 38.2 Å². The Morgan fingerprint density at radius 1 is 0.604 bits per heavy atom. The van der Waals surface area contributed by atoms with E-state index in [1.165, 1.54) is 0 Å². The average Bonchev–Trinajstić information content (AvgIpc) is 3.04. The molecule has 0 aromatic heterocycles. The number of unbranched alkanes of at least 4 members (excludes halogenated alkanes) is 15. The van der Waals surface area contributed by atoms with Crippen LogP contribution < -0.4 is 0 Å². The Kier molecular flexibility index (Phi) is 25.5. The van der Waals surface area contributed by atoms with Gasteiger partial charge in [0.15, 0.2) is 0 Å². The molecule has 0 saturated carbocycles. The van der Waals surface area contributed by atoms with Crippen molar-refractivity contribution >= 4 is 23.9 Å². The summed E-state index contributed by atoms with van der Waals surface area (Å²) in [6.45, 7) is 4.33. The predicted octanol–water partition coefficient (Wildman–Crippen LogP) is 10.5. The number of esters is 1. The molecule has 5 unspecified atom stereocenters. The van der Waals surface area contributed by atoms with Crippen LogP contribution in [0.15, 0.2) is 24.3 Å². The minimum Gasteiger partial charge on any atom is -0.481 e. The zero-order valence-corrected chi connectivity index (χ0v) is 30.3. The third kappa shape index (κ3) is 20.7. The molecule has 0 aromatic carbocycles. The Bertz CT molecular complexity index is 942. The van der Waals surface area contributed by atoms with Gasteiger partial charge < -0.3 is 20.1 Å². The topological polar surface area (TPSA) is 138 Å². The fraction of sp³-hybridized carbons (Fsp3) is 0.800. The molecule has 276 valence electrons. The first kappa shape index (κ1) is 43.4. The van der Waals surface area contributed by atoms with Gasteiger partial charge in [-0.1, -0.05) is 128 Å². The number of rotatable bonds is 31. The highest BCUT2D eigenvalue weighted by atomic mass is 16.5. The highest BCUT2D eigenvalue weighted by molar-refractivity contribution is 5.82. The lowest BCUT2D eigenvalue weighted by atomic mass is 9.67. The zero-order chi connectivity index (χ0) is 35.4. The molecule has 0 saturated heterocycles. The number of carboxylic acid groups (broad SMARTS) is 3. The molecular weight excluding hydrogens is 608 g/mol. The summed E-state index contributed by atoms with van der Waals surface area (Å²) in [5.41, 5.74) is 0. The largest absolute Gasteiger partial charge is 0.481 e. The highest BCUT2D eigenvalue weighted by Crippen LogP contribution is 2.41. The summed E-state index contributed by atoms with van der Waals surface area (Å²) >= 11 is 0. The van der Waals surface area contributed by atoms with Crippen molar-refractivity contribution in [3.05, 3.63) is 24.3 Å². The summed E-state index contributed by atoms with van der Waals surface area (Å²) in [6.07, 6.45) is 29.9. The smallest absolute Gasteiger partial charge is 0.310 e. The van der Waals surface area contributed by atoms with Crippen molar-refractivity contribution in [2.75, 3.05) is 0 Å². The number of hydrogen-bond donors (Lipinski definition) is 3. The van der Waals surface area contributed by atoms with E-state index in [1.54, 1.807) is 0 Å². The summed E-state index contributed by atoms with van der Waals surface area (Å²) in [5.74, 6) is -4.66. The van der Waals surface area contributed by atoms with Gasteiger partial charge in [0.25, 0.3) is 0 Å². The number of carbonyl (C=O) groups is 4. The Hall–Kier alpha value is -2.64. The SMILES string of the molecule is CCCCCCC(CC=CCCCCCCCC(=O)O)OC(=O)C1C(CCCCCCCC(=O)O)C=CC(CCCCCC)C1C(=O)O. The van der Waals surface area contributed by atoms with Crippen LogP contribution >= 0.6 is 0 Å². The molecule has 0 fully saturated rings. The summed E-state index contributed by atoms with van der Waals surface area (Å²) < 4.78 is 6.25. The number of aliphatic carboxylic acids is 3. The van der Waals surface area contributed by atoms with Crippen molar-refractivity contribution < 1.29 is 39.2 Å². The molecule has 0 radical (unpaired) electrons. The minimum atomic E-state index is -0.914. The number of allylic oxidation sites excluding steroid dienone is 3. The standard InChI is InChI=1S/C40H68O8/c1-3-5-7-18-24-32-30-31-33(25-19-14-13-17-23-29-36(43)44)38(37(32)39(45)46)40(47)48-34(26-20-8-6-4-2)27-21-15-11-9-10-12-16-22-28-35(41)42/h15,21,30-34,37-38H,3-14,16-20,22-29H2,1-2H3,(H,41,42)(H,43,44)(H,45,46). The molecule has 0 aromatic rings. The van der Waals surface area contributed by atoms with Gasteiger partial charge in [0.1, 0.15) is 6.10 Å². The van der Waals surface area contributed by atoms with Crippen LogP contribution in [-0.2, 0) is 23.9 Å². The highest BCUT2D eigenvalue weighted by Gasteiger charge is 2.45. The average molecular weight is 677 g/mol. The normalized spacial score (nSPS) is 19.8. The maximum Gasteiger partial charge on any atom is 0.310 e. The summed E-state index contributed by atoms with van der Waals surface area (Å²) in [7, 11) is 0. The summed E-state index contributed by atoms with van der Waals surface area (Å²) in [6, 6.07) is 0. The zero-order valence-electron chi connectivity index (χ0n) is 30.3. The molecule has 0 amide bonds. The Balaban J connectivity index is 2.92. The van der Waals surface area contributed by atoms with Gasteiger partial charge in [0.2, 0.25) is 0 Å². The first-order chi connectivity index (χ1) is 23.2. The Labute approximate surface area is 291 Å². The monoisotopic (exact) mass is 676 g/mol. The fourth-order valence-electron chi connectivity index (χ4n) is 6.96. The van der Waals surface area contributed by atoms with Gasteiger partial charge in [-0.15, -0.1) is 0 Å². The quantitative estimate of drug-likeness (QED) is 0.0374. The minimum absolute atomic E-state index is 0.184. The molecule has 5 atom stereocenters. The second kappa shape index (κ2) is 28.2. The molecule has 1 aliphatic carbocycles. The van der Waals surface area contributed by atoms with Crippen LogP contribution in [-0.4, -0.2) is 45.3 Å². The van der Waals surface area contributed by atoms with Crippen LogP contribution in [0.3, 0.4) is 0 Å². The van der Waals surface area contributed by atoms with Crippen molar-refractivity contribution in [3.63, 3.8) is 0 Å². The van der Waals surface area contributed by atoms with E-state index in [1.807, 2.05) is 0 Å². The molecule has 0 bridgehead atoms. The molecule has 0 heterocycles. The van der Waals surface area contributed by atoms with E-state index in [0.29, 0.717) is 12.8 Å². The molecule has 1 rings (SSSR count). The molecular formula is C40H68O8. The van der Waals surface area contributed by atoms with E-state index in [0.717, 1.165) is 135 Å². The lowest BCUT2D eigenvalue weighted by molar-refractivity contribution is -0.166. The van der Waals surface area contributed by atoms with Crippen molar-refractivity contribution in [2.45, 2.75) is 180 Å². The molecule has 8 heteroatoms. The van der Waals surface area contributed by atoms with Gasteiger partial charge in [-0.2, -0.15) is 0 Å².